The molecular weight excluding hydrogens is 786 g/mol. The van der Waals surface area contributed by atoms with Gasteiger partial charge in [-0.2, -0.15) is 10.2 Å². The third-order valence-corrected chi connectivity index (χ3v) is 9.04. The highest BCUT2D eigenvalue weighted by Crippen LogP contribution is 2.49. The van der Waals surface area contributed by atoms with Crippen molar-refractivity contribution >= 4 is 86.4 Å². The van der Waals surface area contributed by atoms with Crippen LogP contribution in [0, 0.1) is 0 Å². The average Bonchev–Trinajstić information content (AvgIpc) is 3.44. The van der Waals surface area contributed by atoms with E-state index in [-0.39, 0.29) is 17.5 Å². The van der Waals surface area contributed by atoms with Crippen molar-refractivity contribution in [1.29, 1.82) is 0 Å². The van der Waals surface area contributed by atoms with Gasteiger partial charge in [0.15, 0.2) is 0 Å². The first-order chi connectivity index (χ1) is 23.0. The summed E-state index contributed by atoms with van der Waals surface area (Å²) in [6, 6.07) is 14.1. The fourth-order valence-electron chi connectivity index (χ4n) is 5.75. The lowest BCUT2D eigenvalue weighted by atomic mass is 9.96. The van der Waals surface area contributed by atoms with Crippen molar-refractivity contribution in [2.45, 2.75) is 58.0 Å². The van der Waals surface area contributed by atoms with Gasteiger partial charge in [0.05, 0.1) is 28.4 Å². The molecule has 1 aliphatic carbocycles. The Balaban J connectivity index is 0.000000174. The fourth-order valence-corrected chi connectivity index (χ4v) is 6.13. The predicted molar refractivity (Wildman–Crippen MR) is 202 cm³/mol. The van der Waals surface area contributed by atoms with Gasteiger partial charge in [-0.3, -0.25) is 10.2 Å². The number of nitrogens with one attached hydrogen (secondary N) is 4. The van der Waals surface area contributed by atoms with Gasteiger partial charge in [-0.05, 0) is 61.7 Å². The number of benzene rings is 2. The molecule has 14 heteroatoms. The minimum atomic E-state index is -0.137. The lowest BCUT2D eigenvalue weighted by Crippen LogP contribution is -2.39. The van der Waals surface area contributed by atoms with E-state index in [1.54, 1.807) is 29.2 Å². The number of amides is 4. The van der Waals surface area contributed by atoms with Gasteiger partial charge in [0.1, 0.15) is 0 Å². The molecule has 0 saturated heterocycles. The molecule has 0 radical (unpaired) electrons. The Kier molecular flexibility index (Phi) is 12.0. The molecule has 2 aromatic carbocycles. The van der Waals surface area contributed by atoms with Crippen molar-refractivity contribution in [2.75, 3.05) is 27.6 Å². The van der Waals surface area contributed by atoms with Crippen molar-refractivity contribution < 1.29 is 9.59 Å². The first-order valence-electron chi connectivity index (χ1n) is 15.5. The van der Waals surface area contributed by atoms with Gasteiger partial charge in [0.25, 0.3) is 0 Å². The number of H-pyrrole nitrogens is 2. The Morgan fingerprint density at radius 2 is 1.38 bits per heavy atom. The second-order valence-electron chi connectivity index (χ2n) is 12.2. The molecule has 7 rings (SSSR count). The maximum atomic E-state index is 12.5. The van der Waals surface area contributed by atoms with E-state index >= 15 is 0 Å². The minimum absolute atomic E-state index is 0.0917. The number of aromatic nitrogens is 4. The first kappa shape index (κ1) is 36.0. The largest absolute Gasteiger partial charge is 0.322 e. The Labute approximate surface area is 309 Å². The van der Waals surface area contributed by atoms with Gasteiger partial charge in [-0.25, -0.2) is 9.59 Å². The lowest BCUT2D eigenvalue weighted by Gasteiger charge is -2.28. The van der Waals surface area contributed by atoms with Crippen molar-refractivity contribution in [3.05, 3.63) is 99.1 Å². The van der Waals surface area contributed by atoms with E-state index in [4.69, 9.17) is 34.8 Å². The van der Waals surface area contributed by atoms with Crippen LogP contribution in [0.25, 0.3) is 5.57 Å². The molecule has 0 unspecified atom stereocenters. The van der Waals surface area contributed by atoms with Gasteiger partial charge in [0, 0.05) is 75.3 Å². The van der Waals surface area contributed by atoms with Crippen molar-refractivity contribution in [2.24, 2.45) is 0 Å². The second-order valence-corrected chi connectivity index (χ2v) is 15.0. The number of anilines is 2. The fraction of sp³-hybridized carbons (Fsp3) is 0.353. The zero-order valence-corrected chi connectivity index (χ0v) is 31.2. The highest BCUT2D eigenvalue weighted by Gasteiger charge is 2.44. The Morgan fingerprint density at radius 3 is 1.85 bits per heavy atom. The molecule has 0 spiro atoms. The number of fused-ring (bicyclic) bond motifs is 2. The molecule has 2 aliphatic heterocycles. The lowest BCUT2D eigenvalue weighted by molar-refractivity contribution is 0.205. The van der Waals surface area contributed by atoms with Crippen LogP contribution in [0.2, 0.25) is 10.0 Å². The van der Waals surface area contributed by atoms with E-state index in [9.17, 15) is 9.59 Å². The van der Waals surface area contributed by atoms with E-state index in [1.807, 2.05) is 36.1 Å². The van der Waals surface area contributed by atoms with Crippen LogP contribution in [0.5, 0.6) is 0 Å². The number of urea groups is 2. The molecule has 0 atom stereocenters. The number of hydrogen-bond acceptors (Lipinski definition) is 4. The van der Waals surface area contributed by atoms with Crippen LogP contribution in [0.3, 0.4) is 0 Å². The quantitative estimate of drug-likeness (QED) is 0.121. The molecule has 48 heavy (non-hydrogen) atoms. The van der Waals surface area contributed by atoms with Crippen LogP contribution in [0.15, 0.2) is 55.1 Å². The third-order valence-electron chi connectivity index (χ3n) is 8.57. The molecule has 10 nitrogen and oxygen atoms in total. The smallest absolute Gasteiger partial charge is 0.320 e. The molecule has 4 heterocycles. The number of halogens is 4. The normalized spacial score (nSPS) is 15.5. The summed E-state index contributed by atoms with van der Waals surface area (Å²) in [6.07, 6.45) is 3.94. The summed E-state index contributed by atoms with van der Waals surface area (Å²) in [6.45, 7) is 10.6. The predicted octanol–water partition coefficient (Wildman–Crippen LogP) is 9.01. The van der Waals surface area contributed by atoms with Crippen molar-refractivity contribution in [1.82, 2.24) is 30.2 Å². The molecule has 3 aliphatic rings. The highest BCUT2D eigenvalue weighted by molar-refractivity contribution is 14.1. The summed E-state index contributed by atoms with van der Waals surface area (Å²) in [4.78, 5) is 28.5. The van der Waals surface area contributed by atoms with Gasteiger partial charge in [-0.15, -0.1) is 11.6 Å². The van der Waals surface area contributed by atoms with Gasteiger partial charge < -0.3 is 20.4 Å². The number of hydrogen-bond donors (Lipinski definition) is 4. The van der Waals surface area contributed by atoms with Crippen LogP contribution in [0.4, 0.5) is 21.0 Å². The van der Waals surface area contributed by atoms with E-state index in [2.05, 4.69) is 67.1 Å². The molecule has 1 fully saturated rings. The average molecular weight is 824 g/mol. The van der Waals surface area contributed by atoms with Gasteiger partial charge in [0.2, 0.25) is 0 Å². The van der Waals surface area contributed by atoms with Crippen LogP contribution >= 0.6 is 57.4 Å². The van der Waals surface area contributed by atoms with Crippen LogP contribution in [-0.4, -0.2) is 59.2 Å². The second kappa shape index (κ2) is 16.0. The zero-order valence-electron chi connectivity index (χ0n) is 26.8. The molecule has 0 bridgehead atoms. The minimum Gasteiger partial charge on any atom is -0.320 e. The number of alkyl halides is 2. The number of rotatable bonds is 4. The number of aromatic amines is 2. The number of allylic oxidation sites excluding steroid dienone is 1. The number of nitrogens with zero attached hydrogens (tertiary/aromatic N) is 4. The molecule has 4 amide bonds. The molecular formula is C34H38Cl3IN8O2. The third kappa shape index (κ3) is 8.85. The molecule has 4 N–H and O–H groups in total. The first-order valence-corrected chi connectivity index (χ1v) is 18.4. The van der Waals surface area contributed by atoms with Crippen molar-refractivity contribution in [3.8, 4) is 0 Å². The molecule has 2 aromatic heterocycles. The van der Waals surface area contributed by atoms with E-state index in [0.29, 0.717) is 45.8 Å². The van der Waals surface area contributed by atoms with E-state index in [0.717, 1.165) is 46.7 Å². The van der Waals surface area contributed by atoms with E-state index < -0.39 is 0 Å². The number of carbonyl (C=O) groups excluding carboxylic acids is 2. The standard InChI is InChI=1S/C17H19ClN4O.C16H17ClN4O.CH2ClI/c1-17(6-7-17)15-13-10-22(8-5-14(13)20-21-15)16(23)19-12-4-2-3-11(18)9-12;1-10(2)15-13-9-21(7-6-14(13)19-20-15)16(22)18-12-5-3-4-11(17)8-12;2-1-3/h2-4,9H,5-8,10H2,1H3,(H,19,23)(H,20,21);3-5,8H,1,6-7,9H2,2H3,(H,18,22)(H,19,20);1H2. The zero-order chi connectivity index (χ0) is 34.4. The Bertz CT molecular complexity index is 1790. The number of carbonyl (C=O) groups is 2. The summed E-state index contributed by atoms with van der Waals surface area (Å²) in [5.41, 5.74) is 9.04. The summed E-state index contributed by atoms with van der Waals surface area (Å²) in [5.74, 6) is 0. The van der Waals surface area contributed by atoms with Gasteiger partial charge >= 0.3 is 12.1 Å². The van der Waals surface area contributed by atoms with Crippen LogP contribution in [0.1, 0.15) is 60.6 Å². The maximum Gasteiger partial charge on any atom is 0.322 e. The SMILES string of the molecule is C=C(C)c1n[nH]c2c1CN(C(=O)Nc1cccc(Cl)c1)CC2.CC1(c2n[nH]c3c2CN(C(=O)Nc2cccc(Cl)c2)CC3)CC1.ClCI. The maximum absolute atomic E-state index is 12.5. The molecule has 4 aromatic rings. The highest BCUT2D eigenvalue weighted by atomic mass is 127. The summed E-state index contributed by atoms with van der Waals surface area (Å²) in [7, 11) is 0. The van der Waals surface area contributed by atoms with Crippen LogP contribution < -0.4 is 10.6 Å². The monoisotopic (exact) mass is 822 g/mol. The van der Waals surface area contributed by atoms with Gasteiger partial charge in [-0.1, -0.05) is 71.4 Å². The molecule has 1 saturated carbocycles. The molecule has 254 valence electrons. The Hall–Kier alpha value is -3.26. The summed E-state index contributed by atoms with van der Waals surface area (Å²) >= 11 is 18.9. The topological polar surface area (TPSA) is 122 Å². The summed E-state index contributed by atoms with van der Waals surface area (Å²) < 4.78 is 0.692. The van der Waals surface area contributed by atoms with Crippen molar-refractivity contribution in [3.63, 3.8) is 0 Å². The summed E-state index contributed by atoms with van der Waals surface area (Å²) in [5, 5.41) is 22.0. The Morgan fingerprint density at radius 1 is 0.896 bits per heavy atom. The van der Waals surface area contributed by atoms with Crippen LogP contribution in [-0.2, 0) is 31.3 Å². The van der Waals surface area contributed by atoms with E-state index in [1.165, 1.54) is 24.1 Å².